The molecule has 0 aliphatic rings. The number of nitro benzene ring substituents is 1. The largest absolute Gasteiger partial charge is 0.456 e. The molecular formula is C19H12Cl2N2O4. The number of anilines is 1. The van der Waals surface area contributed by atoms with Gasteiger partial charge in [0.15, 0.2) is 0 Å². The van der Waals surface area contributed by atoms with Crippen LogP contribution < -0.4 is 5.32 Å². The van der Waals surface area contributed by atoms with E-state index in [1.807, 2.05) is 0 Å². The molecule has 0 saturated carbocycles. The first-order chi connectivity index (χ1) is 13.0. The van der Waals surface area contributed by atoms with Gasteiger partial charge in [0.25, 0.3) is 5.69 Å². The van der Waals surface area contributed by atoms with Crippen molar-refractivity contribution in [2.75, 3.05) is 5.32 Å². The van der Waals surface area contributed by atoms with Gasteiger partial charge in [0.05, 0.1) is 26.2 Å². The third-order valence-electron chi connectivity index (χ3n) is 3.60. The number of benzene rings is 2. The second kappa shape index (κ2) is 8.07. The molecule has 1 amide bonds. The van der Waals surface area contributed by atoms with Crippen molar-refractivity contribution >= 4 is 46.6 Å². The molecule has 0 radical (unpaired) electrons. The summed E-state index contributed by atoms with van der Waals surface area (Å²) in [4.78, 5) is 22.7. The summed E-state index contributed by atoms with van der Waals surface area (Å²) in [6.45, 7) is 0. The number of nitrogens with one attached hydrogen (secondary N) is 1. The minimum Gasteiger partial charge on any atom is -0.456 e. The van der Waals surface area contributed by atoms with Crippen molar-refractivity contribution in [3.8, 4) is 11.3 Å². The Morgan fingerprint density at radius 1 is 1.04 bits per heavy atom. The lowest BCUT2D eigenvalue weighted by molar-refractivity contribution is -0.384. The molecule has 3 aromatic rings. The van der Waals surface area contributed by atoms with Gasteiger partial charge in [0.2, 0.25) is 5.91 Å². The lowest BCUT2D eigenvalue weighted by Crippen LogP contribution is -2.08. The van der Waals surface area contributed by atoms with Crippen LogP contribution in [0.3, 0.4) is 0 Å². The summed E-state index contributed by atoms with van der Waals surface area (Å²) in [6, 6.07) is 14.4. The van der Waals surface area contributed by atoms with E-state index in [-0.39, 0.29) is 5.69 Å². The minimum absolute atomic E-state index is 0.0616. The van der Waals surface area contributed by atoms with Crippen LogP contribution in [0.4, 0.5) is 11.4 Å². The van der Waals surface area contributed by atoms with Crippen LogP contribution in [0.5, 0.6) is 0 Å². The number of hydrogen-bond acceptors (Lipinski definition) is 4. The normalized spacial score (nSPS) is 10.9. The van der Waals surface area contributed by atoms with Crippen LogP contribution in [-0.2, 0) is 4.79 Å². The van der Waals surface area contributed by atoms with Gasteiger partial charge in [-0.3, -0.25) is 14.9 Å². The van der Waals surface area contributed by atoms with Gasteiger partial charge in [-0.05, 0) is 36.4 Å². The third-order valence-corrected chi connectivity index (χ3v) is 4.23. The lowest BCUT2D eigenvalue weighted by atomic mass is 10.1. The number of furan rings is 1. The third kappa shape index (κ3) is 4.36. The Balaban J connectivity index is 1.76. The second-order valence-corrected chi connectivity index (χ2v) is 6.21. The molecule has 0 fully saturated rings. The maximum absolute atomic E-state index is 12.1. The molecule has 1 heterocycles. The van der Waals surface area contributed by atoms with Crippen molar-refractivity contribution < 1.29 is 14.1 Å². The Kier molecular flexibility index (Phi) is 5.59. The maximum Gasteiger partial charge on any atom is 0.280 e. The number of hydrogen-bond donors (Lipinski definition) is 1. The molecular weight excluding hydrogens is 391 g/mol. The molecule has 1 aromatic heterocycles. The van der Waals surface area contributed by atoms with Crippen LogP contribution in [0.2, 0.25) is 10.0 Å². The average Bonchev–Trinajstić information content (AvgIpc) is 3.12. The molecule has 6 nitrogen and oxygen atoms in total. The van der Waals surface area contributed by atoms with Crippen molar-refractivity contribution in [1.82, 2.24) is 0 Å². The van der Waals surface area contributed by atoms with E-state index >= 15 is 0 Å². The highest BCUT2D eigenvalue weighted by molar-refractivity contribution is 6.39. The molecule has 2 aromatic carbocycles. The molecule has 136 valence electrons. The van der Waals surface area contributed by atoms with Crippen molar-refractivity contribution in [3.05, 3.63) is 86.6 Å². The van der Waals surface area contributed by atoms with E-state index in [4.69, 9.17) is 27.6 Å². The summed E-state index contributed by atoms with van der Waals surface area (Å²) in [7, 11) is 0. The highest BCUT2D eigenvalue weighted by Gasteiger charge is 2.16. The Morgan fingerprint density at radius 3 is 2.44 bits per heavy atom. The Morgan fingerprint density at radius 2 is 1.74 bits per heavy atom. The number of carbonyl (C=O) groups excluding carboxylic acids is 1. The van der Waals surface area contributed by atoms with Gasteiger partial charge in [-0.1, -0.05) is 41.4 Å². The Bertz CT molecular complexity index is 1020. The molecule has 0 aliphatic carbocycles. The van der Waals surface area contributed by atoms with Gasteiger partial charge in [-0.15, -0.1) is 0 Å². The second-order valence-electron chi connectivity index (χ2n) is 5.40. The number of halogens is 2. The number of carbonyl (C=O) groups is 1. The lowest BCUT2D eigenvalue weighted by Gasteiger charge is -2.06. The van der Waals surface area contributed by atoms with Crippen molar-refractivity contribution in [3.63, 3.8) is 0 Å². The van der Waals surface area contributed by atoms with Gasteiger partial charge in [-0.2, -0.15) is 0 Å². The molecule has 1 N–H and O–H groups in total. The molecule has 3 rings (SSSR count). The molecule has 0 bridgehead atoms. The van der Waals surface area contributed by atoms with E-state index in [0.717, 1.165) is 0 Å². The Labute approximate surface area is 164 Å². The quantitative estimate of drug-likeness (QED) is 0.331. The summed E-state index contributed by atoms with van der Waals surface area (Å²) < 4.78 is 5.59. The maximum atomic E-state index is 12.1. The molecule has 0 spiro atoms. The zero-order valence-corrected chi connectivity index (χ0v) is 15.2. The minimum atomic E-state index is -0.478. The average molecular weight is 403 g/mol. The van der Waals surface area contributed by atoms with Gasteiger partial charge in [-0.25, -0.2) is 0 Å². The monoisotopic (exact) mass is 402 g/mol. The van der Waals surface area contributed by atoms with E-state index in [2.05, 4.69) is 5.32 Å². The van der Waals surface area contributed by atoms with Crippen LogP contribution in [0.15, 0.2) is 65.1 Å². The van der Waals surface area contributed by atoms with E-state index < -0.39 is 10.8 Å². The number of rotatable bonds is 5. The smallest absolute Gasteiger partial charge is 0.280 e. The van der Waals surface area contributed by atoms with Crippen molar-refractivity contribution in [2.24, 2.45) is 0 Å². The van der Waals surface area contributed by atoms with Crippen LogP contribution in [0.25, 0.3) is 17.4 Å². The van der Waals surface area contributed by atoms with Gasteiger partial charge in [0, 0.05) is 12.1 Å². The zero-order chi connectivity index (χ0) is 19.4. The first-order valence-corrected chi connectivity index (χ1v) is 8.48. The molecule has 0 unspecified atom stereocenters. The van der Waals surface area contributed by atoms with Crippen LogP contribution in [0.1, 0.15) is 5.76 Å². The number of nitrogens with zero attached hydrogens (tertiary/aromatic N) is 1. The van der Waals surface area contributed by atoms with Crippen molar-refractivity contribution in [1.29, 1.82) is 0 Å². The fourth-order valence-electron chi connectivity index (χ4n) is 2.37. The summed E-state index contributed by atoms with van der Waals surface area (Å²) in [6.07, 6.45) is 2.69. The number of amides is 1. The fraction of sp³-hybridized carbons (Fsp3) is 0. The summed E-state index contributed by atoms with van der Waals surface area (Å²) in [5.74, 6) is 0.244. The highest BCUT2D eigenvalue weighted by Crippen LogP contribution is 2.31. The summed E-state index contributed by atoms with van der Waals surface area (Å²) >= 11 is 12.0. The van der Waals surface area contributed by atoms with Gasteiger partial charge in [0.1, 0.15) is 11.5 Å². The number of para-hydroxylation sites is 2. The molecule has 0 atom stereocenters. The van der Waals surface area contributed by atoms with E-state index in [1.165, 1.54) is 18.2 Å². The molecule has 8 heteroatoms. The van der Waals surface area contributed by atoms with Gasteiger partial charge < -0.3 is 9.73 Å². The highest BCUT2D eigenvalue weighted by atomic mass is 35.5. The van der Waals surface area contributed by atoms with E-state index in [1.54, 1.807) is 48.5 Å². The Hall–Kier alpha value is -3.09. The van der Waals surface area contributed by atoms with E-state index in [9.17, 15) is 14.9 Å². The van der Waals surface area contributed by atoms with E-state index in [0.29, 0.717) is 32.8 Å². The predicted octanol–water partition coefficient (Wildman–Crippen LogP) is 5.81. The van der Waals surface area contributed by atoms with Crippen molar-refractivity contribution in [2.45, 2.75) is 0 Å². The topological polar surface area (TPSA) is 85.4 Å². The summed E-state index contributed by atoms with van der Waals surface area (Å²) in [5.41, 5.74) is 0.610. The fourth-order valence-corrected chi connectivity index (χ4v) is 2.86. The van der Waals surface area contributed by atoms with Crippen LogP contribution in [-0.4, -0.2) is 10.8 Å². The zero-order valence-electron chi connectivity index (χ0n) is 13.7. The predicted molar refractivity (Wildman–Crippen MR) is 105 cm³/mol. The SMILES string of the molecule is O=C(/C=C/c1ccc(-c2ccccc2[N+](=O)[O-])o1)Nc1c(Cl)cccc1Cl. The van der Waals surface area contributed by atoms with Gasteiger partial charge >= 0.3 is 0 Å². The first kappa shape index (κ1) is 18.7. The van der Waals surface area contributed by atoms with Crippen LogP contribution in [0, 0.1) is 10.1 Å². The molecule has 27 heavy (non-hydrogen) atoms. The summed E-state index contributed by atoms with van der Waals surface area (Å²) in [5, 5.41) is 14.4. The first-order valence-electron chi connectivity index (χ1n) is 7.72. The standard InChI is InChI=1S/C19H12Cl2N2O4/c20-14-5-3-6-15(21)19(14)22-18(24)11-9-12-8-10-17(27-12)13-4-1-2-7-16(13)23(25)26/h1-11H,(H,22,24)/b11-9+. The van der Waals surface area contributed by atoms with Crippen LogP contribution >= 0.6 is 23.2 Å². The molecule has 0 saturated heterocycles. The molecule has 0 aliphatic heterocycles. The number of nitro groups is 1.